The third kappa shape index (κ3) is 3.87. The van der Waals surface area contributed by atoms with Crippen molar-refractivity contribution in [2.75, 3.05) is 19.5 Å². The molecule has 6 nitrogen and oxygen atoms in total. The second-order valence-corrected chi connectivity index (χ2v) is 5.88. The van der Waals surface area contributed by atoms with Crippen LogP contribution in [0.25, 0.3) is 11.4 Å². The van der Waals surface area contributed by atoms with Gasteiger partial charge in [-0.3, -0.25) is 0 Å². The topological polar surface area (TPSA) is 90.5 Å². The average Bonchev–Trinajstić information content (AvgIpc) is 2.65. The third-order valence-corrected chi connectivity index (χ3v) is 3.91. The van der Waals surface area contributed by atoms with Crippen LogP contribution in [0.5, 0.6) is 17.2 Å². The van der Waals surface area contributed by atoms with Crippen molar-refractivity contribution >= 4 is 17.4 Å². The predicted molar refractivity (Wildman–Crippen MR) is 101 cm³/mol. The molecule has 0 amide bonds. The Labute approximate surface area is 156 Å². The van der Waals surface area contributed by atoms with E-state index in [1.165, 1.54) is 0 Å². The normalized spacial score (nSPS) is 10.6. The Hall–Kier alpha value is -2.83. The van der Waals surface area contributed by atoms with Gasteiger partial charge in [-0.2, -0.15) is 0 Å². The van der Waals surface area contributed by atoms with E-state index in [9.17, 15) is 5.11 Å². The summed E-state index contributed by atoms with van der Waals surface area (Å²) in [4.78, 5) is 8.85. The molecule has 0 fully saturated rings. The number of aliphatic hydroxyl groups excluding tert-OH is 1. The number of nitrogens with zero attached hydrogens (tertiary/aromatic N) is 2. The predicted octanol–water partition coefficient (Wildman–Crippen LogP) is 3.71. The zero-order valence-corrected chi connectivity index (χ0v) is 14.9. The molecule has 1 heterocycles. The van der Waals surface area contributed by atoms with E-state index in [0.717, 1.165) is 5.56 Å². The number of hydrogen-bond donors (Lipinski definition) is 2. The second-order valence-electron chi connectivity index (χ2n) is 5.45. The van der Waals surface area contributed by atoms with Crippen LogP contribution < -0.4 is 15.2 Å². The molecule has 0 unspecified atom stereocenters. The maximum Gasteiger partial charge on any atom is 0.191 e. The first kappa shape index (κ1) is 18.0. The Bertz CT molecular complexity index is 918. The van der Waals surface area contributed by atoms with Gasteiger partial charge in [0.25, 0.3) is 0 Å². The first-order valence-electron chi connectivity index (χ1n) is 7.96. The van der Waals surface area contributed by atoms with Gasteiger partial charge in [0.05, 0.1) is 12.8 Å². The van der Waals surface area contributed by atoms with Crippen LogP contribution in [0.15, 0.2) is 48.5 Å². The molecule has 3 aromatic rings. The molecule has 26 heavy (non-hydrogen) atoms. The van der Waals surface area contributed by atoms with Gasteiger partial charge in [-0.1, -0.05) is 35.9 Å². The molecule has 3 N–H and O–H groups in total. The lowest BCUT2D eigenvalue weighted by Gasteiger charge is -2.15. The van der Waals surface area contributed by atoms with E-state index < -0.39 is 0 Å². The van der Waals surface area contributed by atoms with Gasteiger partial charge in [0, 0.05) is 23.6 Å². The van der Waals surface area contributed by atoms with E-state index in [0.29, 0.717) is 33.8 Å². The van der Waals surface area contributed by atoms with E-state index in [1.54, 1.807) is 31.4 Å². The Morgan fingerprint density at radius 1 is 1.08 bits per heavy atom. The third-order valence-electron chi connectivity index (χ3n) is 3.67. The Balaban J connectivity index is 2.05. The van der Waals surface area contributed by atoms with Crippen LogP contribution in [0.2, 0.25) is 5.02 Å². The van der Waals surface area contributed by atoms with E-state index in [-0.39, 0.29) is 18.8 Å². The number of rotatable bonds is 6. The quantitative estimate of drug-likeness (QED) is 0.686. The van der Waals surface area contributed by atoms with Gasteiger partial charge in [0.2, 0.25) is 0 Å². The fourth-order valence-corrected chi connectivity index (χ4v) is 2.66. The molecule has 0 spiro atoms. The molecule has 0 aliphatic rings. The standard InChI is InChI=1S/C19H18ClN3O3/c1-25-15-7-2-3-8-16(15)26-17-14(9-10-24)22-19(23-18(17)21)12-5-4-6-13(20)11-12/h2-8,11,24H,9-10H2,1H3,(H2,21,22,23). The monoisotopic (exact) mass is 371 g/mol. The van der Waals surface area contributed by atoms with Gasteiger partial charge in [0.15, 0.2) is 28.9 Å². The minimum atomic E-state index is -0.103. The summed E-state index contributed by atoms with van der Waals surface area (Å²) < 4.78 is 11.2. The lowest BCUT2D eigenvalue weighted by molar-refractivity contribution is 0.295. The number of nitrogens with two attached hydrogens (primary N) is 1. The molecule has 0 aliphatic heterocycles. The number of aliphatic hydroxyl groups is 1. The highest BCUT2D eigenvalue weighted by atomic mass is 35.5. The fraction of sp³-hybridized carbons (Fsp3) is 0.158. The van der Waals surface area contributed by atoms with Gasteiger partial charge in [-0.25, -0.2) is 9.97 Å². The van der Waals surface area contributed by atoms with Crippen LogP contribution in [-0.2, 0) is 6.42 Å². The number of aromatic nitrogens is 2. The summed E-state index contributed by atoms with van der Waals surface area (Å²) in [6.45, 7) is -0.103. The van der Waals surface area contributed by atoms with Crippen molar-refractivity contribution in [1.29, 1.82) is 0 Å². The number of benzene rings is 2. The second kappa shape index (κ2) is 8.03. The summed E-state index contributed by atoms with van der Waals surface area (Å²) in [7, 11) is 1.55. The van der Waals surface area contributed by atoms with Crippen LogP contribution in [0, 0.1) is 0 Å². The van der Waals surface area contributed by atoms with Gasteiger partial charge in [-0.15, -0.1) is 0 Å². The van der Waals surface area contributed by atoms with Gasteiger partial charge in [0.1, 0.15) is 0 Å². The minimum Gasteiger partial charge on any atom is -0.493 e. The molecular weight excluding hydrogens is 354 g/mol. The number of anilines is 1. The zero-order chi connectivity index (χ0) is 18.5. The zero-order valence-electron chi connectivity index (χ0n) is 14.1. The molecule has 3 rings (SSSR count). The Morgan fingerprint density at radius 3 is 2.54 bits per heavy atom. The number of methoxy groups -OCH3 is 1. The first-order valence-corrected chi connectivity index (χ1v) is 8.34. The molecule has 0 saturated heterocycles. The summed E-state index contributed by atoms with van der Waals surface area (Å²) >= 11 is 6.04. The maximum atomic E-state index is 9.40. The van der Waals surface area contributed by atoms with Gasteiger partial charge in [-0.05, 0) is 24.3 Å². The molecule has 134 valence electrons. The number of nitrogen functional groups attached to an aromatic ring is 1. The smallest absolute Gasteiger partial charge is 0.191 e. The first-order chi connectivity index (χ1) is 12.6. The van der Waals surface area contributed by atoms with E-state index in [4.69, 9.17) is 26.8 Å². The SMILES string of the molecule is COc1ccccc1Oc1c(N)nc(-c2cccc(Cl)c2)nc1CCO. The summed E-state index contributed by atoms with van der Waals surface area (Å²) in [5.41, 5.74) is 7.37. The van der Waals surface area contributed by atoms with E-state index in [1.807, 2.05) is 24.3 Å². The van der Waals surface area contributed by atoms with Crippen molar-refractivity contribution in [2.45, 2.75) is 6.42 Å². The molecule has 2 aromatic carbocycles. The summed E-state index contributed by atoms with van der Waals surface area (Å²) in [6.07, 6.45) is 0.269. The summed E-state index contributed by atoms with van der Waals surface area (Å²) in [5.74, 6) is 1.93. The number of para-hydroxylation sites is 2. The Morgan fingerprint density at radius 2 is 1.85 bits per heavy atom. The van der Waals surface area contributed by atoms with Crippen molar-refractivity contribution in [3.8, 4) is 28.6 Å². The molecule has 0 bridgehead atoms. The molecule has 1 aromatic heterocycles. The average molecular weight is 372 g/mol. The fourth-order valence-electron chi connectivity index (χ4n) is 2.47. The highest BCUT2D eigenvalue weighted by Gasteiger charge is 2.17. The van der Waals surface area contributed by atoms with E-state index in [2.05, 4.69) is 9.97 Å². The molecule has 0 aliphatic carbocycles. The largest absolute Gasteiger partial charge is 0.493 e. The van der Waals surface area contributed by atoms with Crippen molar-refractivity contribution in [3.05, 3.63) is 59.2 Å². The van der Waals surface area contributed by atoms with Crippen LogP contribution in [0.4, 0.5) is 5.82 Å². The molecule has 0 atom stereocenters. The number of ether oxygens (including phenoxy) is 2. The van der Waals surface area contributed by atoms with Crippen molar-refractivity contribution < 1.29 is 14.6 Å². The van der Waals surface area contributed by atoms with Crippen LogP contribution >= 0.6 is 11.6 Å². The Kier molecular flexibility index (Phi) is 5.55. The van der Waals surface area contributed by atoms with Crippen LogP contribution in [0.3, 0.4) is 0 Å². The number of hydrogen-bond acceptors (Lipinski definition) is 6. The highest BCUT2D eigenvalue weighted by Crippen LogP contribution is 2.36. The maximum absolute atomic E-state index is 9.40. The van der Waals surface area contributed by atoms with Gasteiger partial charge < -0.3 is 20.3 Å². The van der Waals surface area contributed by atoms with Crippen molar-refractivity contribution in [3.63, 3.8) is 0 Å². The van der Waals surface area contributed by atoms with Crippen molar-refractivity contribution in [1.82, 2.24) is 9.97 Å². The highest BCUT2D eigenvalue weighted by molar-refractivity contribution is 6.30. The van der Waals surface area contributed by atoms with E-state index >= 15 is 0 Å². The summed E-state index contributed by atoms with van der Waals surface area (Å²) in [5, 5.41) is 9.98. The number of halogens is 1. The van der Waals surface area contributed by atoms with Gasteiger partial charge >= 0.3 is 0 Å². The van der Waals surface area contributed by atoms with Crippen LogP contribution in [0.1, 0.15) is 5.69 Å². The lowest BCUT2D eigenvalue weighted by atomic mass is 10.2. The van der Waals surface area contributed by atoms with Crippen molar-refractivity contribution in [2.24, 2.45) is 0 Å². The molecule has 0 saturated carbocycles. The molecular formula is C19H18ClN3O3. The molecule has 7 heteroatoms. The van der Waals surface area contributed by atoms with Crippen LogP contribution in [-0.4, -0.2) is 28.8 Å². The molecule has 0 radical (unpaired) electrons. The summed E-state index contributed by atoms with van der Waals surface area (Å²) in [6, 6.07) is 14.3. The lowest BCUT2D eigenvalue weighted by Crippen LogP contribution is -2.07. The minimum absolute atomic E-state index is 0.103.